The van der Waals surface area contributed by atoms with Gasteiger partial charge in [0.2, 0.25) is 5.88 Å². The van der Waals surface area contributed by atoms with E-state index in [1.54, 1.807) is 29.8 Å². The third-order valence-electron chi connectivity index (χ3n) is 4.77. The fraction of sp³-hybridized carbons (Fsp3) is 0.286. The predicted molar refractivity (Wildman–Crippen MR) is 104 cm³/mol. The van der Waals surface area contributed by atoms with Gasteiger partial charge in [-0.15, -0.1) is 0 Å². The molecule has 7 heteroatoms. The van der Waals surface area contributed by atoms with E-state index in [1.807, 2.05) is 49.4 Å². The molecule has 0 unspecified atom stereocenters. The van der Waals surface area contributed by atoms with Crippen LogP contribution in [0.3, 0.4) is 0 Å². The molecule has 1 amide bonds. The first kappa shape index (κ1) is 18.0. The predicted octanol–water partition coefficient (Wildman–Crippen LogP) is 2.70. The van der Waals surface area contributed by atoms with Crippen LogP contribution in [0.25, 0.3) is 11.3 Å². The molecule has 0 N–H and O–H groups in total. The second kappa shape index (κ2) is 7.34. The highest BCUT2D eigenvalue weighted by Gasteiger charge is 2.34. The molecule has 144 valence electrons. The average molecular weight is 378 g/mol. The van der Waals surface area contributed by atoms with Gasteiger partial charge in [-0.2, -0.15) is 5.10 Å². The molecule has 3 heterocycles. The minimum atomic E-state index is -0.0619. The molecule has 0 radical (unpaired) electrons. The molecular formula is C21H22N4O3. The second-order valence-corrected chi connectivity index (χ2v) is 6.81. The van der Waals surface area contributed by atoms with Crippen molar-refractivity contribution in [2.45, 2.75) is 13.0 Å². The first-order chi connectivity index (χ1) is 13.5. The van der Waals surface area contributed by atoms with E-state index >= 15 is 0 Å². The molecule has 7 nitrogen and oxygen atoms in total. The lowest BCUT2D eigenvalue weighted by molar-refractivity contribution is 0.0151. The van der Waals surface area contributed by atoms with E-state index in [2.05, 4.69) is 10.1 Å². The normalized spacial score (nSPS) is 13.9. The molecule has 0 saturated carbocycles. The lowest BCUT2D eigenvalue weighted by atomic mass is 10.1. The SMILES string of the molecule is COc1ccccc1-c1cc(C(=O)N2CC(Oc3cccc(C)n3)C2)n(C)n1. The number of methoxy groups -OCH3 is 1. The Kier molecular flexibility index (Phi) is 4.73. The molecule has 1 fully saturated rings. The Balaban J connectivity index is 1.44. The second-order valence-electron chi connectivity index (χ2n) is 6.81. The van der Waals surface area contributed by atoms with Gasteiger partial charge in [0.05, 0.1) is 25.9 Å². The molecule has 28 heavy (non-hydrogen) atoms. The number of amides is 1. The number of ether oxygens (including phenoxy) is 2. The van der Waals surface area contributed by atoms with Gasteiger partial charge in [-0.25, -0.2) is 4.98 Å². The van der Waals surface area contributed by atoms with Crippen LogP contribution in [0.1, 0.15) is 16.2 Å². The van der Waals surface area contributed by atoms with Crippen LogP contribution in [0.15, 0.2) is 48.5 Å². The number of likely N-dealkylation sites (tertiary alicyclic amines) is 1. The van der Waals surface area contributed by atoms with Gasteiger partial charge in [0, 0.05) is 24.4 Å². The van der Waals surface area contributed by atoms with Crippen LogP contribution >= 0.6 is 0 Å². The summed E-state index contributed by atoms with van der Waals surface area (Å²) >= 11 is 0. The number of aryl methyl sites for hydroxylation is 2. The highest BCUT2D eigenvalue weighted by molar-refractivity contribution is 5.94. The maximum absolute atomic E-state index is 12.9. The summed E-state index contributed by atoms with van der Waals surface area (Å²) in [6.07, 6.45) is -0.0415. The molecule has 1 aromatic carbocycles. The standard InChI is InChI=1S/C21H22N4O3/c1-14-7-6-10-20(22-14)28-15-12-25(13-15)21(26)18-11-17(23-24(18)2)16-8-4-5-9-19(16)27-3/h4-11,15H,12-13H2,1-3H3. The maximum Gasteiger partial charge on any atom is 0.272 e. The van der Waals surface area contributed by atoms with Gasteiger partial charge >= 0.3 is 0 Å². The molecule has 2 aromatic heterocycles. The number of carbonyl (C=O) groups excluding carboxylic acids is 1. The minimum Gasteiger partial charge on any atom is -0.496 e. The number of nitrogens with zero attached hydrogens (tertiary/aromatic N) is 4. The lowest BCUT2D eigenvalue weighted by Gasteiger charge is -2.38. The molecule has 1 aliphatic heterocycles. The largest absolute Gasteiger partial charge is 0.496 e. The van der Waals surface area contributed by atoms with Crippen molar-refractivity contribution in [1.82, 2.24) is 19.7 Å². The smallest absolute Gasteiger partial charge is 0.272 e. The molecule has 0 spiro atoms. The van der Waals surface area contributed by atoms with E-state index in [4.69, 9.17) is 9.47 Å². The van der Waals surface area contributed by atoms with Crippen molar-refractivity contribution in [1.29, 1.82) is 0 Å². The average Bonchev–Trinajstić information content (AvgIpc) is 3.05. The molecular weight excluding hydrogens is 356 g/mol. The summed E-state index contributed by atoms with van der Waals surface area (Å²) in [5.74, 6) is 1.26. The van der Waals surface area contributed by atoms with E-state index < -0.39 is 0 Å². The molecule has 0 atom stereocenters. The van der Waals surface area contributed by atoms with Gasteiger partial charge in [-0.05, 0) is 31.2 Å². The van der Waals surface area contributed by atoms with Crippen molar-refractivity contribution in [3.05, 3.63) is 59.9 Å². The Morgan fingerprint density at radius 1 is 1.14 bits per heavy atom. The van der Waals surface area contributed by atoms with Crippen LogP contribution in [-0.2, 0) is 7.05 Å². The van der Waals surface area contributed by atoms with Gasteiger partial charge in [0.15, 0.2) is 0 Å². The fourth-order valence-electron chi connectivity index (χ4n) is 3.25. The first-order valence-electron chi connectivity index (χ1n) is 9.12. The summed E-state index contributed by atoms with van der Waals surface area (Å²) in [4.78, 5) is 19.0. The zero-order chi connectivity index (χ0) is 19.7. The van der Waals surface area contributed by atoms with Crippen LogP contribution in [0.2, 0.25) is 0 Å². The molecule has 0 aliphatic carbocycles. The number of pyridine rings is 1. The fourth-order valence-corrected chi connectivity index (χ4v) is 3.25. The van der Waals surface area contributed by atoms with Gasteiger partial charge in [0.1, 0.15) is 17.5 Å². The number of aromatic nitrogens is 3. The summed E-state index contributed by atoms with van der Waals surface area (Å²) < 4.78 is 12.9. The quantitative estimate of drug-likeness (QED) is 0.683. The van der Waals surface area contributed by atoms with Crippen LogP contribution < -0.4 is 9.47 Å². The van der Waals surface area contributed by atoms with Crippen molar-refractivity contribution in [3.63, 3.8) is 0 Å². The molecule has 0 bridgehead atoms. The summed E-state index contributed by atoms with van der Waals surface area (Å²) in [5, 5.41) is 4.50. The van der Waals surface area contributed by atoms with E-state index in [1.165, 1.54) is 0 Å². The summed E-state index contributed by atoms with van der Waals surface area (Å²) in [6, 6.07) is 15.1. The monoisotopic (exact) mass is 378 g/mol. The van der Waals surface area contributed by atoms with E-state index in [9.17, 15) is 4.79 Å². The summed E-state index contributed by atoms with van der Waals surface area (Å²) in [5.41, 5.74) is 3.01. The summed E-state index contributed by atoms with van der Waals surface area (Å²) in [7, 11) is 3.40. The molecule has 3 aromatic rings. The zero-order valence-electron chi connectivity index (χ0n) is 16.1. The number of rotatable bonds is 5. The minimum absolute atomic E-state index is 0.0415. The van der Waals surface area contributed by atoms with Gasteiger partial charge in [0.25, 0.3) is 5.91 Å². The Morgan fingerprint density at radius 2 is 1.93 bits per heavy atom. The number of hydrogen-bond donors (Lipinski definition) is 0. The van der Waals surface area contributed by atoms with E-state index in [0.717, 1.165) is 17.0 Å². The number of carbonyl (C=O) groups is 1. The highest BCUT2D eigenvalue weighted by atomic mass is 16.5. The Bertz CT molecular complexity index is 1010. The van der Waals surface area contributed by atoms with Crippen molar-refractivity contribution in [2.24, 2.45) is 7.05 Å². The van der Waals surface area contributed by atoms with Gasteiger partial charge in [-0.3, -0.25) is 9.48 Å². The Morgan fingerprint density at radius 3 is 2.68 bits per heavy atom. The van der Waals surface area contributed by atoms with Crippen molar-refractivity contribution < 1.29 is 14.3 Å². The Hall–Kier alpha value is -3.35. The van der Waals surface area contributed by atoms with Crippen LogP contribution in [-0.4, -0.2) is 51.9 Å². The topological polar surface area (TPSA) is 69.5 Å². The highest BCUT2D eigenvalue weighted by Crippen LogP contribution is 2.29. The van der Waals surface area contributed by atoms with Crippen LogP contribution in [0, 0.1) is 6.92 Å². The number of hydrogen-bond acceptors (Lipinski definition) is 5. The third-order valence-corrected chi connectivity index (χ3v) is 4.77. The van der Waals surface area contributed by atoms with Gasteiger partial charge in [-0.1, -0.05) is 18.2 Å². The van der Waals surface area contributed by atoms with Gasteiger partial charge < -0.3 is 14.4 Å². The maximum atomic E-state index is 12.9. The summed E-state index contributed by atoms with van der Waals surface area (Å²) in [6.45, 7) is 2.98. The van der Waals surface area contributed by atoms with Crippen LogP contribution in [0.4, 0.5) is 0 Å². The van der Waals surface area contributed by atoms with Crippen molar-refractivity contribution in [3.8, 4) is 22.9 Å². The van der Waals surface area contributed by atoms with Crippen molar-refractivity contribution >= 4 is 5.91 Å². The third kappa shape index (κ3) is 3.43. The molecule has 1 aliphatic rings. The molecule has 1 saturated heterocycles. The zero-order valence-corrected chi connectivity index (χ0v) is 16.1. The lowest BCUT2D eigenvalue weighted by Crippen LogP contribution is -2.56. The first-order valence-corrected chi connectivity index (χ1v) is 9.12. The number of benzene rings is 1. The number of para-hydroxylation sites is 1. The van der Waals surface area contributed by atoms with E-state index in [-0.39, 0.29) is 12.0 Å². The van der Waals surface area contributed by atoms with Crippen molar-refractivity contribution in [2.75, 3.05) is 20.2 Å². The molecule has 4 rings (SSSR count). The van der Waals surface area contributed by atoms with Crippen LogP contribution in [0.5, 0.6) is 11.6 Å². The Labute approximate surface area is 163 Å². The van der Waals surface area contributed by atoms with E-state index in [0.29, 0.717) is 30.4 Å².